The molecule has 0 bridgehead atoms. The molecule has 0 spiro atoms. The number of methoxy groups -OCH3 is 1. The third kappa shape index (κ3) is 2.00. The van der Waals surface area contributed by atoms with E-state index in [1.807, 2.05) is 12.1 Å². The van der Waals surface area contributed by atoms with E-state index < -0.39 is 5.41 Å². The molecule has 90 valence electrons. The van der Waals surface area contributed by atoms with Crippen LogP contribution in [0, 0.1) is 16.7 Å². The zero-order chi connectivity index (χ0) is 12.7. The largest absolute Gasteiger partial charge is 0.496 e. The van der Waals surface area contributed by atoms with Gasteiger partial charge in [0.05, 0.1) is 18.6 Å². The van der Waals surface area contributed by atoms with Crippen molar-refractivity contribution in [2.45, 2.75) is 32.1 Å². The van der Waals surface area contributed by atoms with Crippen molar-refractivity contribution in [3.05, 3.63) is 28.8 Å². The summed E-state index contributed by atoms with van der Waals surface area (Å²) in [4.78, 5) is 0. The van der Waals surface area contributed by atoms with Crippen LogP contribution in [0.5, 0.6) is 5.75 Å². The molecule has 17 heavy (non-hydrogen) atoms. The van der Waals surface area contributed by atoms with Crippen LogP contribution in [0.25, 0.3) is 0 Å². The van der Waals surface area contributed by atoms with Crippen molar-refractivity contribution in [2.75, 3.05) is 7.11 Å². The lowest BCUT2D eigenvalue weighted by Crippen LogP contribution is -2.45. The molecule has 0 aliphatic heterocycles. The van der Waals surface area contributed by atoms with Gasteiger partial charge in [-0.2, -0.15) is 5.26 Å². The number of rotatable bonds is 2. The average Bonchev–Trinajstić information content (AvgIpc) is 2.25. The minimum atomic E-state index is -0.431. The molecule has 1 saturated carbocycles. The molecule has 1 aromatic rings. The quantitative estimate of drug-likeness (QED) is 0.796. The van der Waals surface area contributed by atoms with Gasteiger partial charge in [-0.25, -0.2) is 0 Å². The zero-order valence-corrected chi connectivity index (χ0v) is 11.1. The first-order valence-electron chi connectivity index (χ1n) is 5.68. The topological polar surface area (TPSA) is 33.0 Å². The molecule has 0 aromatic heterocycles. The molecule has 3 heteroatoms. The lowest BCUT2D eigenvalue weighted by atomic mass is 9.52. The van der Waals surface area contributed by atoms with E-state index in [0.717, 1.165) is 24.2 Å². The van der Waals surface area contributed by atoms with Gasteiger partial charge in [0, 0.05) is 10.6 Å². The fourth-order valence-electron chi connectivity index (χ4n) is 2.97. The molecule has 1 aliphatic rings. The maximum absolute atomic E-state index is 9.48. The first kappa shape index (κ1) is 12.3. The number of nitriles is 1. The van der Waals surface area contributed by atoms with Gasteiger partial charge in [-0.05, 0) is 36.5 Å². The molecule has 1 fully saturated rings. The van der Waals surface area contributed by atoms with Crippen molar-refractivity contribution in [1.29, 1.82) is 5.26 Å². The van der Waals surface area contributed by atoms with Gasteiger partial charge in [0.2, 0.25) is 0 Å². The van der Waals surface area contributed by atoms with E-state index in [2.05, 4.69) is 19.9 Å². The van der Waals surface area contributed by atoms with Crippen molar-refractivity contribution in [2.24, 2.45) is 5.41 Å². The highest BCUT2D eigenvalue weighted by atomic mass is 35.5. The first-order chi connectivity index (χ1) is 7.92. The lowest BCUT2D eigenvalue weighted by Gasteiger charge is -2.49. The summed E-state index contributed by atoms with van der Waals surface area (Å²) in [5.74, 6) is 0.756. The van der Waals surface area contributed by atoms with E-state index in [1.54, 1.807) is 13.2 Å². The van der Waals surface area contributed by atoms with Gasteiger partial charge in [0.1, 0.15) is 5.75 Å². The van der Waals surface area contributed by atoms with Gasteiger partial charge in [0.25, 0.3) is 0 Å². The number of halogens is 1. The summed E-state index contributed by atoms with van der Waals surface area (Å²) in [5, 5.41) is 10.1. The number of ether oxygens (including phenoxy) is 1. The predicted octanol–water partition coefficient (Wildman–Crippen LogP) is 3.93. The summed E-state index contributed by atoms with van der Waals surface area (Å²) in [6, 6.07) is 7.94. The lowest BCUT2D eigenvalue weighted by molar-refractivity contribution is 0.0977. The average molecular weight is 250 g/mol. The third-order valence-corrected chi connectivity index (χ3v) is 3.69. The second-order valence-electron chi connectivity index (χ2n) is 5.56. The monoisotopic (exact) mass is 249 g/mol. The summed E-state index contributed by atoms with van der Waals surface area (Å²) in [6.45, 7) is 4.36. The Morgan fingerprint density at radius 3 is 2.47 bits per heavy atom. The number of hydrogen-bond donors (Lipinski definition) is 0. The second-order valence-corrected chi connectivity index (χ2v) is 5.99. The van der Waals surface area contributed by atoms with Crippen molar-refractivity contribution in [3.8, 4) is 11.8 Å². The van der Waals surface area contributed by atoms with E-state index in [-0.39, 0.29) is 5.41 Å². The number of hydrogen-bond acceptors (Lipinski definition) is 2. The van der Waals surface area contributed by atoms with Crippen molar-refractivity contribution in [1.82, 2.24) is 0 Å². The Morgan fingerprint density at radius 1 is 1.35 bits per heavy atom. The highest BCUT2D eigenvalue weighted by molar-refractivity contribution is 6.30. The fraction of sp³-hybridized carbons (Fsp3) is 0.500. The van der Waals surface area contributed by atoms with Crippen molar-refractivity contribution < 1.29 is 4.74 Å². The fourth-order valence-corrected chi connectivity index (χ4v) is 3.14. The van der Waals surface area contributed by atoms with Crippen LogP contribution in [0.3, 0.4) is 0 Å². The molecule has 0 atom stereocenters. The Morgan fingerprint density at radius 2 is 2.00 bits per heavy atom. The molecule has 2 nitrogen and oxygen atoms in total. The van der Waals surface area contributed by atoms with Gasteiger partial charge >= 0.3 is 0 Å². The van der Waals surface area contributed by atoms with E-state index in [1.165, 1.54) is 0 Å². The van der Waals surface area contributed by atoms with Gasteiger partial charge in [-0.15, -0.1) is 0 Å². The maximum Gasteiger partial charge on any atom is 0.123 e. The molecule has 1 aromatic carbocycles. The molecule has 0 N–H and O–H groups in total. The summed E-state index contributed by atoms with van der Waals surface area (Å²) >= 11 is 6.02. The molecular weight excluding hydrogens is 234 g/mol. The Kier molecular flexibility index (Phi) is 2.83. The van der Waals surface area contributed by atoms with Crippen LogP contribution in [0.15, 0.2) is 18.2 Å². The molecule has 0 radical (unpaired) electrons. The predicted molar refractivity (Wildman–Crippen MR) is 68.3 cm³/mol. The molecule has 0 heterocycles. The van der Waals surface area contributed by atoms with E-state index in [0.29, 0.717) is 5.02 Å². The summed E-state index contributed by atoms with van der Waals surface area (Å²) in [5.41, 5.74) is 0.720. The molecule has 1 aliphatic carbocycles. The van der Waals surface area contributed by atoms with Gasteiger partial charge in [-0.1, -0.05) is 25.4 Å². The first-order valence-corrected chi connectivity index (χ1v) is 6.06. The van der Waals surface area contributed by atoms with Crippen molar-refractivity contribution in [3.63, 3.8) is 0 Å². The van der Waals surface area contributed by atoms with Gasteiger partial charge in [0.15, 0.2) is 0 Å². The Bertz CT molecular complexity index is 479. The van der Waals surface area contributed by atoms with E-state index >= 15 is 0 Å². The summed E-state index contributed by atoms with van der Waals surface area (Å²) in [6.07, 6.45) is 1.71. The normalized spacial score (nSPS) is 20.2. The Balaban J connectivity index is 2.46. The smallest absolute Gasteiger partial charge is 0.123 e. The molecule has 0 unspecified atom stereocenters. The van der Waals surface area contributed by atoms with Crippen LogP contribution >= 0.6 is 11.6 Å². The van der Waals surface area contributed by atoms with Crippen LogP contribution in [0.4, 0.5) is 0 Å². The second kappa shape index (κ2) is 3.92. The number of benzene rings is 1. The summed E-state index contributed by atoms with van der Waals surface area (Å²) < 4.78 is 5.34. The molecule has 0 saturated heterocycles. The standard InChI is InChI=1S/C14H16ClNO/c1-13(2)7-14(8-13,9-16)11-6-10(15)4-5-12(11)17-3/h4-6H,7-8H2,1-3H3. The maximum atomic E-state index is 9.48. The molecule has 0 amide bonds. The van der Waals surface area contributed by atoms with Gasteiger partial charge < -0.3 is 4.74 Å². The van der Waals surface area contributed by atoms with Crippen LogP contribution in [0.2, 0.25) is 5.02 Å². The highest BCUT2D eigenvalue weighted by Gasteiger charge is 2.52. The van der Waals surface area contributed by atoms with Crippen LogP contribution in [0.1, 0.15) is 32.3 Å². The molecular formula is C14H16ClNO. The summed E-state index contributed by atoms with van der Waals surface area (Å²) in [7, 11) is 1.63. The van der Waals surface area contributed by atoms with Crippen LogP contribution < -0.4 is 4.74 Å². The Labute approximate surface area is 107 Å². The van der Waals surface area contributed by atoms with Crippen LogP contribution in [-0.2, 0) is 5.41 Å². The number of nitrogens with zero attached hydrogens (tertiary/aromatic N) is 1. The van der Waals surface area contributed by atoms with Crippen molar-refractivity contribution >= 4 is 11.6 Å². The van der Waals surface area contributed by atoms with Crippen LogP contribution in [-0.4, -0.2) is 7.11 Å². The molecule has 2 rings (SSSR count). The van der Waals surface area contributed by atoms with E-state index in [9.17, 15) is 5.26 Å². The zero-order valence-electron chi connectivity index (χ0n) is 10.4. The third-order valence-electron chi connectivity index (χ3n) is 3.45. The Hall–Kier alpha value is -1.20. The minimum absolute atomic E-state index is 0.225. The van der Waals surface area contributed by atoms with E-state index in [4.69, 9.17) is 16.3 Å². The SMILES string of the molecule is COc1ccc(Cl)cc1C1(C#N)CC(C)(C)C1. The van der Waals surface area contributed by atoms with Gasteiger partial charge in [-0.3, -0.25) is 0 Å². The minimum Gasteiger partial charge on any atom is -0.496 e. The highest BCUT2D eigenvalue weighted by Crippen LogP contribution is 2.57.